The van der Waals surface area contributed by atoms with Crippen LogP contribution in [0.25, 0.3) is 10.9 Å². The van der Waals surface area contributed by atoms with E-state index in [9.17, 15) is 24.3 Å². The lowest BCUT2D eigenvalue weighted by Gasteiger charge is -2.29. The third kappa shape index (κ3) is 13.2. The van der Waals surface area contributed by atoms with Crippen molar-refractivity contribution in [1.29, 1.82) is 0 Å². The lowest BCUT2D eigenvalue weighted by molar-refractivity contribution is -0.131. The number of carbonyl (C=O) groups excluding carboxylic acids is 4. The van der Waals surface area contributed by atoms with Gasteiger partial charge in [-0.2, -0.15) is 0 Å². The zero-order valence-electron chi connectivity index (χ0n) is 29.8. The number of carbonyl (C=O) groups is 4. The molecule has 5 atom stereocenters. The number of nitrogens with one attached hydrogen (secondary N) is 5. The predicted molar refractivity (Wildman–Crippen MR) is 191 cm³/mol. The number of ether oxygens (including phenoxy) is 1. The molecule has 0 fully saturated rings. The summed E-state index contributed by atoms with van der Waals surface area (Å²) in [6, 6.07) is 14.2. The predicted octanol–water partition coefficient (Wildman–Crippen LogP) is 4.98. The first-order chi connectivity index (χ1) is 23.4. The molecule has 0 saturated heterocycles. The molecule has 1 aromatic heterocycles. The molecule has 0 saturated carbocycles. The van der Waals surface area contributed by atoms with Crippen LogP contribution in [-0.2, 0) is 32.1 Å². The maximum absolute atomic E-state index is 13.9. The molecule has 1 heterocycles. The maximum atomic E-state index is 13.9. The van der Waals surface area contributed by atoms with Crippen molar-refractivity contribution < 1.29 is 29.0 Å². The highest BCUT2D eigenvalue weighted by Crippen LogP contribution is 2.20. The minimum atomic E-state index is -1.12. The van der Waals surface area contributed by atoms with Crippen molar-refractivity contribution in [2.24, 2.45) is 17.8 Å². The van der Waals surface area contributed by atoms with Crippen LogP contribution in [-0.4, -0.2) is 64.7 Å². The van der Waals surface area contributed by atoms with Crippen LogP contribution < -0.4 is 21.3 Å². The van der Waals surface area contributed by atoms with Crippen molar-refractivity contribution in [3.63, 3.8) is 0 Å². The van der Waals surface area contributed by atoms with E-state index in [1.54, 1.807) is 6.20 Å². The topological polar surface area (TPSA) is 162 Å². The van der Waals surface area contributed by atoms with Gasteiger partial charge in [0.2, 0.25) is 17.7 Å². The van der Waals surface area contributed by atoms with Gasteiger partial charge in [-0.1, -0.05) is 96.5 Å². The second-order valence-electron chi connectivity index (χ2n) is 13.8. The molecule has 0 aliphatic carbocycles. The Morgan fingerprint density at radius 3 is 2.14 bits per heavy atom. The second kappa shape index (κ2) is 19.6. The van der Waals surface area contributed by atoms with Crippen molar-refractivity contribution in [3.05, 3.63) is 71.9 Å². The summed E-state index contributed by atoms with van der Waals surface area (Å²) in [5.74, 6) is -0.835. The number of aliphatic hydroxyl groups excluding tert-OH is 1. The van der Waals surface area contributed by atoms with Crippen LogP contribution in [0.1, 0.15) is 78.4 Å². The van der Waals surface area contributed by atoms with Gasteiger partial charge in [0, 0.05) is 30.1 Å². The zero-order chi connectivity index (χ0) is 35.9. The molecule has 0 bridgehead atoms. The van der Waals surface area contributed by atoms with Crippen LogP contribution in [0.4, 0.5) is 4.79 Å². The molecule has 1 unspecified atom stereocenters. The van der Waals surface area contributed by atoms with Gasteiger partial charge in [0.15, 0.2) is 0 Å². The highest BCUT2D eigenvalue weighted by atomic mass is 16.5. The Balaban J connectivity index is 1.77. The van der Waals surface area contributed by atoms with Crippen molar-refractivity contribution in [2.45, 2.75) is 104 Å². The summed E-state index contributed by atoms with van der Waals surface area (Å²) in [6.45, 7) is 12.5. The number of H-pyrrole nitrogens is 1. The van der Waals surface area contributed by atoms with Gasteiger partial charge >= 0.3 is 6.09 Å². The number of rotatable bonds is 19. The summed E-state index contributed by atoms with van der Waals surface area (Å²) >= 11 is 0. The molecule has 4 amide bonds. The van der Waals surface area contributed by atoms with E-state index >= 15 is 0 Å². The zero-order valence-corrected chi connectivity index (χ0v) is 29.8. The van der Waals surface area contributed by atoms with E-state index in [1.165, 1.54) is 0 Å². The molecular weight excluding hydrogens is 622 g/mol. The summed E-state index contributed by atoms with van der Waals surface area (Å²) in [6.07, 6.45) is 1.59. The van der Waals surface area contributed by atoms with Crippen LogP contribution >= 0.6 is 0 Å². The lowest BCUT2D eigenvalue weighted by atomic mass is 9.95. The fourth-order valence-corrected chi connectivity index (χ4v) is 5.55. The standard InChI is InChI=1S/C38H55N5O6/c1-7-26(6)21-40-35(45)20-34(44)31(17-24(2)3)41-36(46)32(18-25(4)5)42-37(47)33(19-28-22-39-30-16-12-11-15-29(28)30)43-38(48)49-23-27-13-9-8-10-14-27/h8-16,22,24-26,31-34,39,44H,7,17-21,23H2,1-6H3,(H,40,45)(H,41,46)(H,42,47)(H,43,48)/t26?,31-,32-,33-,34-/m0/s1. The van der Waals surface area contributed by atoms with Crippen LogP contribution in [0.3, 0.4) is 0 Å². The molecule has 0 radical (unpaired) electrons. The molecular formula is C38H55N5O6. The van der Waals surface area contributed by atoms with E-state index in [1.807, 2.05) is 96.1 Å². The van der Waals surface area contributed by atoms with Gasteiger partial charge in [-0.25, -0.2) is 4.79 Å². The minimum absolute atomic E-state index is 0.0295. The molecule has 6 N–H and O–H groups in total. The van der Waals surface area contributed by atoms with Crippen LogP contribution in [0, 0.1) is 17.8 Å². The monoisotopic (exact) mass is 677 g/mol. The molecule has 49 heavy (non-hydrogen) atoms. The second-order valence-corrected chi connectivity index (χ2v) is 13.8. The Bertz CT molecular complexity index is 1490. The average molecular weight is 678 g/mol. The summed E-state index contributed by atoms with van der Waals surface area (Å²) < 4.78 is 5.44. The summed E-state index contributed by atoms with van der Waals surface area (Å²) in [5.41, 5.74) is 2.51. The Labute approximate surface area is 290 Å². The first-order valence-electron chi connectivity index (χ1n) is 17.4. The van der Waals surface area contributed by atoms with Crippen molar-refractivity contribution in [1.82, 2.24) is 26.3 Å². The lowest BCUT2D eigenvalue weighted by Crippen LogP contribution is -2.57. The van der Waals surface area contributed by atoms with Gasteiger partial charge < -0.3 is 36.1 Å². The highest BCUT2D eigenvalue weighted by molar-refractivity contribution is 5.92. The third-order valence-corrected chi connectivity index (χ3v) is 8.52. The maximum Gasteiger partial charge on any atom is 0.408 e. The molecule has 3 rings (SSSR count). The highest BCUT2D eigenvalue weighted by Gasteiger charge is 2.32. The third-order valence-electron chi connectivity index (χ3n) is 8.52. The summed E-state index contributed by atoms with van der Waals surface area (Å²) in [4.78, 5) is 56.5. The molecule has 0 aliphatic heterocycles. The molecule has 2 aromatic carbocycles. The van der Waals surface area contributed by atoms with Crippen LogP contribution in [0.5, 0.6) is 0 Å². The molecule has 11 heteroatoms. The van der Waals surface area contributed by atoms with Crippen molar-refractivity contribution in [2.75, 3.05) is 6.54 Å². The van der Waals surface area contributed by atoms with Gasteiger partial charge in [0.05, 0.1) is 18.6 Å². The van der Waals surface area contributed by atoms with Crippen LogP contribution in [0.15, 0.2) is 60.8 Å². The normalized spacial score (nSPS) is 14.5. The SMILES string of the molecule is CCC(C)CNC(=O)C[C@H](O)[C@H](CC(C)C)NC(=O)[C@H](CC(C)C)NC(=O)[C@H](Cc1c[nH]c2ccccc12)NC(=O)OCc1ccccc1. The van der Waals surface area contributed by atoms with Gasteiger partial charge in [0.25, 0.3) is 0 Å². The van der Waals surface area contributed by atoms with E-state index in [0.29, 0.717) is 25.3 Å². The van der Waals surface area contributed by atoms with Gasteiger partial charge in [-0.15, -0.1) is 0 Å². The number of alkyl carbamates (subject to hydrolysis) is 1. The number of hydrogen-bond donors (Lipinski definition) is 6. The number of para-hydroxylation sites is 1. The Morgan fingerprint density at radius 2 is 1.47 bits per heavy atom. The first kappa shape index (κ1) is 39.1. The van der Waals surface area contributed by atoms with Gasteiger partial charge in [0.1, 0.15) is 18.7 Å². The van der Waals surface area contributed by atoms with E-state index in [2.05, 4.69) is 26.3 Å². The largest absolute Gasteiger partial charge is 0.445 e. The summed E-state index contributed by atoms with van der Waals surface area (Å²) in [7, 11) is 0. The first-order valence-corrected chi connectivity index (χ1v) is 17.4. The number of aliphatic hydroxyl groups is 1. The Kier molecular flexibility index (Phi) is 15.6. The van der Waals surface area contributed by atoms with E-state index in [0.717, 1.165) is 28.5 Å². The van der Waals surface area contributed by atoms with Crippen LogP contribution in [0.2, 0.25) is 0 Å². The fraction of sp³-hybridized carbons (Fsp3) is 0.526. The summed E-state index contributed by atoms with van der Waals surface area (Å²) in [5, 5.41) is 23.4. The number of hydrogen-bond acceptors (Lipinski definition) is 6. The fourth-order valence-electron chi connectivity index (χ4n) is 5.55. The quantitative estimate of drug-likeness (QED) is 0.105. The van der Waals surface area contributed by atoms with Gasteiger partial charge in [-0.05, 0) is 47.8 Å². The molecule has 3 aromatic rings. The number of benzene rings is 2. The van der Waals surface area contributed by atoms with Gasteiger partial charge in [-0.3, -0.25) is 14.4 Å². The molecule has 0 spiro atoms. The Morgan fingerprint density at radius 1 is 0.816 bits per heavy atom. The van der Waals surface area contributed by atoms with E-state index in [-0.39, 0.29) is 37.2 Å². The molecule has 11 nitrogen and oxygen atoms in total. The molecule has 268 valence electrons. The van der Waals surface area contributed by atoms with Crippen molar-refractivity contribution in [3.8, 4) is 0 Å². The number of amides is 4. The minimum Gasteiger partial charge on any atom is -0.445 e. The smallest absolute Gasteiger partial charge is 0.408 e. The number of aromatic nitrogens is 1. The average Bonchev–Trinajstić information content (AvgIpc) is 3.47. The molecule has 0 aliphatic rings. The number of aromatic amines is 1. The number of fused-ring (bicyclic) bond motifs is 1. The Hall–Kier alpha value is -4.38. The van der Waals surface area contributed by atoms with Crippen molar-refractivity contribution >= 4 is 34.7 Å². The van der Waals surface area contributed by atoms with E-state index in [4.69, 9.17) is 4.74 Å². The van der Waals surface area contributed by atoms with E-state index < -0.39 is 42.1 Å².